The number of H-pyrrole nitrogens is 1. The van der Waals surface area contributed by atoms with E-state index < -0.39 is 0 Å². The van der Waals surface area contributed by atoms with Crippen molar-refractivity contribution in [1.29, 1.82) is 0 Å². The van der Waals surface area contributed by atoms with Crippen LogP contribution in [-0.2, 0) is 6.42 Å². The van der Waals surface area contributed by atoms with Crippen molar-refractivity contribution in [3.05, 3.63) is 59.7 Å². The third-order valence-electron chi connectivity index (χ3n) is 3.60. The van der Waals surface area contributed by atoms with Gasteiger partial charge >= 0.3 is 0 Å². The average Bonchev–Trinajstić information content (AvgIpc) is 2.98. The zero-order valence-corrected chi connectivity index (χ0v) is 11.7. The third-order valence-corrected chi connectivity index (χ3v) is 3.60. The highest BCUT2D eigenvalue weighted by atomic mass is 15.2. The van der Waals surface area contributed by atoms with Crippen molar-refractivity contribution in [2.75, 3.05) is 0 Å². The summed E-state index contributed by atoms with van der Waals surface area (Å²) in [6.45, 7) is 4.30. The molecule has 0 atom stereocenters. The van der Waals surface area contributed by atoms with E-state index in [0.717, 1.165) is 29.2 Å². The predicted molar refractivity (Wildman–Crippen MR) is 81.4 cm³/mol. The van der Waals surface area contributed by atoms with Crippen molar-refractivity contribution in [3.8, 4) is 22.8 Å². The molecule has 2 aromatic carbocycles. The van der Waals surface area contributed by atoms with Crippen LogP contribution in [0.4, 0.5) is 0 Å². The van der Waals surface area contributed by atoms with Crippen molar-refractivity contribution >= 4 is 0 Å². The van der Waals surface area contributed by atoms with Crippen molar-refractivity contribution in [3.63, 3.8) is 0 Å². The Morgan fingerprint density at radius 1 is 1.00 bits per heavy atom. The molecule has 3 aromatic rings. The van der Waals surface area contributed by atoms with E-state index in [1.807, 2.05) is 30.3 Å². The largest absolute Gasteiger partial charge is 0.259 e. The second kappa shape index (κ2) is 5.29. The maximum Gasteiger partial charge on any atom is 0.181 e. The Morgan fingerprint density at radius 3 is 2.55 bits per heavy atom. The lowest BCUT2D eigenvalue weighted by atomic mass is 10.0. The van der Waals surface area contributed by atoms with Crippen molar-refractivity contribution in [2.24, 2.45) is 0 Å². The minimum absolute atomic E-state index is 0.761. The Labute approximate surface area is 118 Å². The molecule has 0 unspecified atom stereocenters. The van der Waals surface area contributed by atoms with Gasteiger partial charge in [0.15, 0.2) is 11.6 Å². The number of rotatable bonds is 3. The standard InChI is InChI=1S/C17H17N3/c1-3-13-10-7-11-15(12(13)2)17-18-16(19-20-17)14-8-5-4-6-9-14/h4-11H,3H2,1-2H3,(H,18,19,20). The van der Waals surface area contributed by atoms with Gasteiger partial charge in [-0.1, -0.05) is 55.5 Å². The molecule has 20 heavy (non-hydrogen) atoms. The van der Waals surface area contributed by atoms with Crippen LogP contribution < -0.4 is 0 Å². The molecule has 0 spiro atoms. The maximum absolute atomic E-state index is 4.62. The lowest BCUT2D eigenvalue weighted by Gasteiger charge is -2.06. The van der Waals surface area contributed by atoms with Gasteiger partial charge < -0.3 is 0 Å². The molecule has 0 radical (unpaired) electrons. The minimum atomic E-state index is 0.761. The van der Waals surface area contributed by atoms with Gasteiger partial charge in [-0.25, -0.2) is 4.98 Å². The van der Waals surface area contributed by atoms with E-state index >= 15 is 0 Å². The second-order valence-electron chi connectivity index (χ2n) is 4.82. The first-order valence-corrected chi connectivity index (χ1v) is 6.86. The van der Waals surface area contributed by atoms with Crippen LogP contribution in [0.3, 0.4) is 0 Å². The fraction of sp³-hybridized carbons (Fsp3) is 0.176. The molecule has 1 N–H and O–H groups in total. The van der Waals surface area contributed by atoms with E-state index in [1.54, 1.807) is 0 Å². The zero-order valence-electron chi connectivity index (χ0n) is 11.7. The molecule has 3 rings (SSSR count). The van der Waals surface area contributed by atoms with Gasteiger partial charge in [0.2, 0.25) is 0 Å². The monoisotopic (exact) mass is 263 g/mol. The first-order chi connectivity index (χ1) is 9.79. The van der Waals surface area contributed by atoms with E-state index in [-0.39, 0.29) is 0 Å². The molecular formula is C17H17N3. The highest BCUT2D eigenvalue weighted by Crippen LogP contribution is 2.25. The molecule has 0 fully saturated rings. The average molecular weight is 263 g/mol. The molecule has 0 saturated carbocycles. The number of benzene rings is 2. The van der Waals surface area contributed by atoms with Crippen LogP contribution in [0.5, 0.6) is 0 Å². The van der Waals surface area contributed by atoms with Crippen LogP contribution in [0.25, 0.3) is 22.8 Å². The minimum Gasteiger partial charge on any atom is -0.259 e. The third kappa shape index (κ3) is 2.23. The van der Waals surface area contributed by atoms with E-state index in [1.165, 1.54) is 11.1 Å². The number of aromatic amines is 1. The van der Waals surface area contributed by atoms with Crippen LogP contribution >= 0.6 is 0 Å². The van der Waals surface area contributed by atoms with Crippen LogP contribution in [0.15, 0.2) is 48.5 Å². The topological polar surface area (TPSA) is 41.6 Å². The van der Waals surface area contributed by atoms with E-state index in [9.17, 15) is 0 Å². The molecule has 0 aliphatic rings. The van der Waals surface area contributed by atoms with Crippen molar-refractivity contribution < 1.29 is 0 Å². The molecule has 1 heterocycles. The summed E-state index contributed by atoms with van der Waals surface area (Å²) >= 11 is 0. The van der Waals surface area contributed by atoms with Gasteiger partial charge in [0.1, 0.15) is 0 Å². The highest BCUT2D eigenvalue weighted by Gasteiger charge is 2.11. The van der Waals surface area contributed by atoms with Crippen molar-refractivity contribution in [2.45, 2.75) is 20.3 Å². The quantitative estimate of drug-likeness (QED) is 0.775. The molecule has 3 heteroatoms. The first kappa shape index (κ1) is 12.6. The molecule has 0 aliphatic heterocycles. The van der Waals surface area contributed by atoms with Crippen LogP contribution in [0.1, 0.15) is 18.1 Å². The van der Waals surface area contributed by atoms with E-state index in [0.29, 0.717) is 0 Å². The zero-order chi connectivity index (χ0) is 13.9. The van der Waals surface area contributed by atoms with Crippen LogP contribution in [-0.4, -0.2) is 15.2 Å². The number of aromatic nitrogens is 3. The van der Waals surface area contributed by atoms with Crippen molar-refractivity contribution in [1.82, 2.24) is 15.2 Å². The van der Waals surface area contributed by atoms with Gasteiger partial charge in [-0.3, -0.25) is 5.10 Å². The number of nitrogens with zero attached hydrogens (tertiary/aromatic N) is 2. The lowest BCUT2D eigenvalue weighted by Crippen LogP contribution is -1.91. The summed E-state index contributed by atoms with van der Waals surface area (Å²) in [5.74, 6) is 1.57. The first-order valence-electron chi connectivity index (χ1n) is 6.86. The number of aryl methyl sites for hydroxylation is 1. The number of hydrogen-bond donors (Lipinski definition) is 1. The summed E-state index contributed by atoms with van der Waals surface area (Å²) < 4.78 is 0. The Kier molecular flexibility index (Phi) is 3.33. The van der Waals surface area contributed by atoms with Gasteiger partial charge in [0.05, 0.1) is 0 Å². The van der Waals surface area contributed by atoms with Gasteiger partial charge in [0, 0.05) is 11.1 Å². The lowest BCUT2D eigenvalue weighted by molar-refractivity contribution is 1.08. The van der Waals surface area contributed by atoms with Crippen LogP contribution in [0.2, 0.25) is 0 Å². The number of nitrogens with one attached hydrogen (secondary N) is 1. The van der Waals surface area contributed by atoms with E-state index in [2.05, 4.69) is 47.2 Å². The highest BCUT2D eigenvalue weighted by molar-refractivity contribution is 5.65. The Balaban J connectivity index is 2.03. The van der Waals surface area contributed by atoms with E-state index in [4.69, 9.17) is 0 Å². The normalized spacial score (nSPS) is 10.7. The summed E-state index contributed by atoms with van der Waals surface area (Å²) in [6.07, 6.45) is 1.02. The van der Waals surface area contributed by atoms with Gasteiger partial charge in [0.25, 0.3) is 0 Å². The van der Waals surface area contributed by atoms with Crippen LogP contribution in [0, 0.1) is 6.92 Å². The number of hydrogen-bond acceptors (Lipinski definition) is 2. The fourth-order valence-electron chi connectivity index (χ4n) is 2.42. The molecule has 100 valence electrons. The summed E-state index contributed by atoms with van der Waals surface area (Å²) in [5.41, 5.74) is 4.75. The smallest absolute Gasteiger partial charge is 0.181 e. The summed E-state index contributed by atoms with van der Waals surface area (Å²) in [5, 5.41) is 7.39. The summed E-state index contributed by atoms with van der Waals surface area (Å²) in [4.78, 5) is 4.62. The SMILES string of the molecule is CCc1cccc(-c2n[nH]c(-c3ccccc3)n2)c1C. The molecule has 0 aliphatic carbocycles. The van der Waals surface area contributed by atoms with Gasteiger partial charge in [-0.2, -0.15) is 5.10 Å². The summed E-state index contributed by atoms with van der Waals surface area (Å²) in [7, 11) is 0. The molecular weight excluding hydrogens is 246 g/mol. The Hall–Kier alpha value is -2.42. The Morgan fingerprint density at radius 2 is 1.80 bits per heavy atom. The maximum atomic E-state index is 4.62. The van der Waals surface area contributed by atoms with Gasteiger partial charge in [-0.05, 0) is 24.5 Å². The molecule has 3 nitrogen and oxygen atoms in total. The molecule has 0 amide bonds. The predicted octanol–water partition coefficient (Wildman–Crippen LogP) is 4.01. The fourth-order valence-corrected chi connectivity index (χ4v) is 2.42. The Bertz CT molecular complexity index is 714. The summed E-state index contributed by atoms with van der Waals surface area (Å²) in [6, 6.07) is 16.4. The van der Waals surface area contributed by atoms with Gasteiger partial charge in [-0.15, -0.1) is 0 Å². The second-order valence-corrected chi connectivity index (χ2v) is 4.82. The molecule has 0 bridgehead atoms. The molecule has 1 aromatic heterocycles. The molecule has 0 saturated heterocycles.